The minimum atomic E-state index is -3.68. The van der Waals surface area contributed by atoms with Gasteiger partial charge in [-0.05, 0) is 60.8 Å². The van der Waals surface area contributed by atoms with E-state index < -0.39 is 10.0 Å². The maximum atomic E-state index is 12.2. The monoisotopic (exact) mass is 489 g/mol. The molecule has 0 bridgehead atoms. The van der Waals surface area contributed by atoms with Crippen LogP contribution in [0.25, 0.3) is 0 Å². The molecule has 0 radical (unpaired) electrons. The highest BCUT2D eigenvalue weighted by Gasteiger charge is 2.21. The van der Waals surface area contributed by atoms with Gasteiger partial charge in [0.25, 0.3) is 10.0 Å². The molecule has 2 rings (SSSR count). The molecule has 2 aromatic heterocycles. The lowest BCUT2D eigenvalue weighted by atomic mass is 10.5. The number of halogens is 3. The van der Waals surface area contributed by atoms with Gasteiger partial charge in [-0.2, -0.15) is 0 Å². The Morgan fingerprint density at radius 1 is 1.32 bits per heavy atom. The number of hydrogen-bond donors (Lipinski definition) is 1. The molecule has 2 aromatic rings. The van der Waals surface area contributed by atoms with E-state index in [2.05, 4.69) is 62.5 Å². The average Bonchev–Trinajstić information content (AvgIpc) is 2.63. The van der Waals surface area contributed by atoms with Crippen LogP contribution in [0.3, 0.4) is 0 Å². The smallest absolute Gasteiger partial charge is 0.261 e. The number of aromatic nitrogens is 2. The van der Waals surface area contributed by atoms with E-state index in [1.54, 1.807) is 13.0 Å². The van der Waals surface area contributed by atoms with Gasteiger partial charge in [0.2, 0.25) is 0 Å². The molecule has 0 saturated heterocycles. The molecule has 0 atom stereocenters. The Labute approximate surface area is 139 Å². The second-order valence-corrected chi connectivity index (χ2v) is 9.26. The highest BCUT2D eigenvalue weighted by molar-refractivity contribution is 9.11. The number of nitrogens with one attached hydrogen (secondary N) is 1. The van der Waals surface area contributed by atoms with Crippen LogP contribution in [-0.2, 0) is 10.0 Å². The predicted octanol–water partition coefficient (Wildman–Crippen LogP) is 3.93. The van der Waals surface area contributed by atoms with E-state index in [4.69, 9.17) is 0 Å². The number of rotatable bonds is 3. The van der Waals surface area contributed by atoms with Crippen molar-refractivity contribution in [2.24, 2.45) is 0 Å². The van der Waals surface area contributed by atoms with Gasteiger partial charge < -0.3 is 0 Å². The first-order chi connectivity index (χ1) is 8.79. The molecule has 0 fully saturated rings. The van der Waals surface area contributed by atoms with E-state index in [-0.39, 0.29) is 10.7 Å². The summed E-state index contributed by atoms with van der Waals surface area (Å²) >= 11 is 10.9. The molecule has 0 spiro atoms. The Morgan fingerprint density at radius 2 is 2.00 bits per heavy atom. The summed E-state index contributed by atoms with van der Waals surface area (Å²) in [6, 6.07) is 1.56. The molecule has 1 N–H and O–H groups in total. The summed E-state index contributed by atoms with van der Waals surface area (Å²) in [7, 11) is -3.68. The molecule has 0 aliphatic heterocycles. The maximum Gasteiger partial charge on any atom is 0.264 e. The lowest BCUT2D eigenvalue weighted by Gasteiger charge is -2.07. The Bertz CT molecular complexity index is 730. The van der Waals surface area contributed by atoms with Crippen molar-refractivity contribution >= 4 is 75.0 Å². The van der Waals surface area contributed by atoms with Crippen molar-refractivity contribution in [1.82, 2.24) is 9.97 Å². The van der Waals surface area contributed by atoms with E-state index in [1.165, 1.54) is 17.5 Å². The molecule has 5 nitrogen and oxygen atoms in total. The predicted molar refractivity (Wildman–Crippen MR) is 85.0 cm³/mol. The first kappa shape index (κ1) is 15.4. The molecule has 10 heteroatoms. The largest absolute Gasteiger partial charge is 0.264 e. The van der Waals surface area contributed by atoms with Gasteiger partial charge in [0.1, 0.15) is 9.50 Å². The van der Waals surface area contributed by atoms with Gasteiger partial charge in [0, 0.05) is 4.88 Å². The third kappa shape index (κ3) is 3.54. The third-order valence-electron chi connectivity index (χ3n) is 2.06. The maximum absolute atomic E-state index is 12.2. The van der Waals surface area contributed by atoms with Crippen LogP contribution < -0.4 is 4.72 Å². The Kier molecular flexibility index (Phi) is 4.66. The highest BCUT2D eigenvalue weighted by atomic mass is 79.9. The van der Waals surface area contributed by atoms with Crippen LogP contribution in [0.15, 0.2) is 30.2 Å². The van der Waals surface area contributed by atoms with Crippen molar-refractivity contribution in [3.63, 3.8) is 0 Å². The molecular formula is C9H6Br3N3O2S2. The molecule has 19 heavy (non-hydrogen) atoms. The van der Waals surface area contributed by atoms with E-state index in [0.717, 1.165) is 3.79 Å². The summed E-state index contributed by atoms with van der Waals surface area (Å²) in [6.07, 6.45) is 1.42. The fourth-order valence-electron chi connectivity index (χ4n) is 1.29. The minimum absolute atomic E-state index is 0.143. The first-order valence-corrected chi connectivity index (χ1v) is 9.44. The van der Waals surface area contributed by atoms with Crippen molar-refractivity contribution in [3.05, 3.63) is 30.1 Å². The number of anilines is 1. The van der Waals surface area contributed by atoms with E-state index in [1.807, 2.05) is 0 Å². The highest BCUT2D eigenvalue weighted by Crippen LogP contribution is 2.31. The van der Waals surface area contributed by atoms with Gasteiger partial charge in [-0.1, -0.05) is 0 Å². The number of sulfonamides is 1. The van der Waals surface area contributed by atoms with Gasteiger partial charge in [0.15, 0.2) is 10.4 Å². The molecule has 0 saturated carbocycles. The van der Waals surface area contributed by atoms with Crippen molar-refractivity contribution in [3.8, 4) is 0 Å². The molecule has 0 amide bonds. The summed E-state index contributed by atoms with van der Waals surface area (Å²) in [6.45, 7) is 1.74. The van der Waals surface area contributed by atoms with Gasteiger partial charge in [-0.3, -0.25) is 4.72 Å². The first-order valence-electron chi connectivity index (χ1n) is 4.76. The molecule has 0 aliphatic carbocycles. The molecule has 2 heterocycles. The van der Waals surface area contributed by atoms with Gasteiger partial charge in [0.05, 0.1) is 9.98 Å². The zero-order chi connectivity index (χ0) is 14.2. The number of thiophene rings is 1. The summed E-state index contributed by atoms with van der Waals surface area (Å²) < 4.78 is 28.5. The average molecular weight is 492 g/mol. The van der Waals surface area contributed by atoms with Crippen LogP contribution in [0.5, 0.6) is 0 Å². The van der Waals surface area contributed by atoms with Gasteiger partial charge in [-0.25, -0.2) is 18.4 Å². The second-order valence-electron chi connectivity index (χ2n) is 3.41. The quantitative estimate of drug-likeness (QED) is 0.706. The SMILES string of the molecule is Cc1sc(Br)cc1S(=O)(=O)Nc1ncc(Br)nc1Br. The van der Waals surface area contributed by atoms with Crippen LogP contribution in [0.4, 0.5) is 5.82 Å². The number of aryl methyl sites for hydroxylation is 1. The van der Waals surface area contributed by atoms with Crippen LogP contribution >= 0.6 is 59.1 Å². The Balaban J connectivity index is 2.39. The Hall–Kier alpha value is -0.0300. The van der Waals surface area contributed by atoms with Crippen LogP contribution in [0.2, 0.25) is 0 Å². The lowest BCUT2D eigenvalue weighted by Crippen LogP contribution is -2.14. The van der Waals surface area contributed by atoms with E-state index in [9.17, 15) is 8.42 Å². The standard InChI is InChI=1S/C9H6Br3N3O2S2/c1-4-5(2-7(11)18-4)19(16,17)15-9-8(12)14-6(10)3-13-9/h2-3H,1H3,(H,13,15). The summed E-state index contributed by atoms with van der Waals surface area (Å²) in [5, 5.41) is 0. The summed E-state index contributed by atoms with van der Waals surface area (Å²) in [5.74, 6) is 0.143. The topological polar surface area (TPSA) is 72.0 Å². The zero-order valence-corrected chi connectivity index (χ0v) is 15.7. The molecule has 102 valence electrons. The van der Waals surface area contributed by atoms with Crippen LogP contribution in [0.1, 0.15) is 4.88 Å². The van der Waals surface area contributed by atoms with E-state index >= 15 is 0 Å². The van der Waals surface area contributed by atoms with Gasteiger partial charge in [-0.15, -0.1) is 11.3 Å². The lowest BCUT2D eigenvalue weighted by molar-refractivity contribution is 0.601. The fraction of sp³-hybridized carbons (Fsp3) is 0.111. The minimum Gasteiger partial charge on any atom is -0.261 e. The van der Waals surface area contributed by atoms with E-state index in [0.29, 0.717) is 14.1 Å². The van der Waals surface area contributed by atoms with Gasteiger partial charge >= 0.3 is 0 Å². The second kappa shape index (κ2) is 5.76. The third-order valence-corrected chi connectivity index (χ3v) is 6.15. The van der Waals surface area contributed by atoms with Crippen LogP contribution in [-0.4, -0.2) is 18.4 Å². The number of hydrogen-bond acceptors (Lipinski definition) is 5. The normalized spacial score (nSPS) is 11.6. The van der Waals surface area contributed by atoms with Crippen molar-refractivity contribution < 1.29 is 8.42 Å². The van der Waals surface area contributed by atoms with Crippen molar-refractivity contribution in [1.29, 1.82) is 0 Å². The Morgan fingerprint density at radius 3 is 2.53 bits per heavy atom. The summed E-state index contributed by atoms with van der Waals surface area (Å²) in [5.41, 5.74) is 0. The summed E-state index contributed by atoms with van der Waals surface area (Å²) in [4.78, 5) is 8.90. The molecule has 0 aromatic carbocycles. The van der Waals surface area contributed by atoms with Crippen molar-refractivity contribution in [2.45, 2.75) is 11.8 Å². The molecule has 0 aliphatic rings. The molecule has 0 unspecified atom stereocenters. The zero-order valence-electron chi connectivity index (χ0n) is 9.32. The van der Waals surface area contributed by atoms with Crippen molar-refractivity contribution in [2.75, 3.05) is 4.72 Å². The fourth-order valence-corrected chi connectivity index (χ4v) is 5.77. The van der Waals surface area contributed by atoms with Crippen LogP contribution in [0, 0.1) is 6.92 Å². The molecular weight excluding hydrogens is 486 g/mol. The number of nitrogens with zero attached hydrogens (tertiary/aromatic N) is 2.